The van der Waals surface area contributed by atoms with Crippen molar-refractivity contribution >= 4 is 11.8 Å². The second-order valence-corrected chi connectivity index (χ2v) is 5.84. The van der Waals surface area contributed by atoms with Gasteiger partial charge in [-0.05, 0) is 43.9 Å². The highest BCUT2D eigenvalue weighted by Crippen LogP contribution is 2.28. The van der Waals surface area contributed by atoms with E-state index in [1.54, 1.807) is 17.3 Å². The standard InChI is InChI=1S/C16H21N3O2/c1-12(13-5-8-17-9-6-13)18-11-7-15(20)19-10-3-2-4-14(19)16(18)21/h5-6,8-9,12,14H,2-4,7,10-11H2,1H3. The highest BCUT2D eigenvalue weighted by atomic mass is 16.2. The van der Waals surface area contributed by atoms with Gasteiger partial charge in [0.25, 0.3) is 0 Å². The SMILES string of the molecule is CC(c1ccncc1)N1CCC(=O)N2CCCCC2C1=O. The first-order chi connectivity index (χ1) is 10.2. The zero-order valence-electron chi connectivity index (χ0n) is 12.4. The van der Waals surface area contributed by atoms with Gasteiger partial charge < -0.3 is 9.80 Å². The first kappa shape index (κ1) is 14.0. The molecule has 0 aromatic carbocycles. The minimum Gasteiger partial charge on any atom is -0.334 e. The highest BCUT2D eigenvalue weighted by molar-refractivity contribution is 5.90. The molecule has 0 spiro atoms. The van der Waals surface area contributed by atoms with Crippen molar-refractivity contribution in [3.8, 4) is 0 Å². The third kappa shape index (κ3) is 2.64. The summed E-state index contributed by atoms with van der Waals surface area (Å²) in [7, 11) is 0. The Kier molecular flexibility index (Phi) is 3.90. The van der Waals surface area contributed by atoms with Crippen LogP contribution in [0.25, 0.3) is 0 Å². The molecule has 1 aromatic rings. The van der Waals surface area contributed by atoms with Gasteiger partial charge in [-0.3, -0.25) is 14.6 Å². The second kappa shape index (κ2) is 5.84. The van der Waals surface area contributed by atoms with Crippen molar-refractivity contribution in [1.82, 2.24) is 14.8 Å². The number of hydrogen-bond donors (Lipinski definition) is 0. The summed E-state index contributed by atoms with van der Waals surface area (Å²) in [6, 6.07) is 3.60. The van der Waals surface area contributed by atoms with Gasteiger partial charge in [-0.1, -0.05) is 0 Å². The molecule has 0 aliphatic carbocycles. The molecule has 5 nitrogen and oxygen atoms in total. The van der Waals surface area contributed by atoms with E-state index in [1.807, 2.05) is 24.0 Å². The van der Waals surface area contributed by atoms with Crippen LogP contribution in [0.3, 0.4) is 0 Å². The van der Waals surface area contributed by atoms with E-state index in [9.17, 15) is 9.59 Å². The Balaban J connectivity index is 1.85. The zero-order chi connectivity index (χ0) is 14.8. The number of hydrogen-bond acceptors (Lipinski definition) is 3. The topological polar surface area (TPSA) is 53.5 Å². The fourth-order valence-electron chi connectivity index (χ4n) is 3.35. The number of aromatic nitrogens is 1. The van der Waals surface area contributed by atoms with Gasteiger partial charge >= 0.3 is 0 Å². The maximum absolute atomic E-state index is 12.9. The maximum Gasteiger partial charge on any atom is 0.245 e. The van der Waals surface area contributed by atoms with Gasteiger partial charge in [0.2, 0.25) is 11.8 Å². The van der Waals surface area contributed by atoms with Crippen LogP contribution in [0.5, 0.6) is 0 Å². The molecule has 2 amide bonds. The molecule has 21 heavy (non-hydrogen) atoms. The van der Waals surface area contributed by atoms with E-state index in [2.05, 4.69) is 4.98 Å². The van der Waals surface area contributed by atoms with E-state index in [0.29, 0.717) is 13.0 Å². The van der Waals surface area contributed by atoms with Crippen molar-refractivity contribution in [2.75, 3.05) is 13.1 Å². The number of carbonyl (C=O) groups excluding carboxylic acids is 2. The van der Waals surface area contributed by atoms with Crippen LogP contribution in [0.2, 0.25) is 0 Å². The molecule has 0 bridgehead atoms. The van der Waals surface area contributed by atoms with E-state index < -0.39 is 0 Å². The van der Waals surface area contributed by atoms with Gasteiger partial charge in [0.15, 0.2) is 0 Å². The summed E-state index contributed by atoms with van der Waals surface area (Å²) in [6.45, 7) is 3.26. The van der Waals surface area contributed by atoms with Crippen molar-refractivity contribution in [2.24, 2.45) is 0 Å². The lowest BCUT2D eigenvalue weighted by atomic mass is 10.0. The van der Waals surface area contributed by atoms with Crippen molar-refractivity contribution < 1.29 is 9.59 Å². The lowest BCUT2D eigenvalue weighted by Crippen LogP contribution is -2.50. The molecule has 2 fully saturated rings. The highest BCUT2D eigenvalue weighted by Gasteiger charge is 2.39. The predicted molar refractivity (Wildman–Crippen MR) is 78.3 cm³/mol. The molecule has 0 N–H and O–H groups in total. The summed E-state index contributed by atoms with van der Waals surface area (Å²) >= 11 is 0. The number of fused-ring (bicyclic) bond motifs is 1. The summed E-state index contributed by atoms with van der Waals surface area (Å²) in [6.07, 6.45) is 6.74. The summed E-state index contributed by atoms with van der Waals surface area (Å²) in [4.78, 5) is 32.8. The summed E-state index contributed by atoms with van der Waals surface area (Å²) in [5, 5.41) is 0. The molecule has 2 aliphatic rings. The predicted octanol–water partition coefficient (Wildman–Crippen LogP) is 1.76. The van der Waals surface area contributed by atoms with Crippen LogP contribution >= 0.6 is 0 Å². The fourth-order valence-corrected chi connectivity index (χ4v) is 3.35. The molecular weight excluding hydrogens is 266 g/mol. The van der Waals surface area contributed by atoms with Gasteiger partial charge in [-0.2, -0.15) is 0 Å². The van der Waals surface area contributed by atoms with Gasteiger partial charge in [0, 0.05) is 31.9 Å². The summed E-state index contributed by atoms with van der Waals surface area (Å²) in [5.41, 5.74) is 1.06. The first-order valence-corrected chi connectivity index (χ1v) is 7.68. The van der Waals surface area contributed by atoms with Crippen LogP contribution < -0.4 is 0 Å². The van der Waals surface area contributed by atoms with E-state index >= 15 is 0 Å². The Hall–Kier alpha value is -1.91. The Morgan fingerprint density at radius 1 is 1.19 bits per heavy atom. The number of nitrogens with zero attached hydrogens (tertiary/aromatic N) is 3. The molecule has 3 rings (SSSR count). The van der Waals surface area contributed by atoms with Crippen LogP contribution in [0.1, 0.15) is 44.2 Å². The van der Waals surface area contributed by atoms with E-state index in [1.165, 1.54) is 0 Å². The molecule has 5 heteroatoms. The normalized spacial score (nSPS) is 24.5. The van der Waals surface area contributed by atoms with E-state index in [0.717, 1.165) is 31.4 Å². The third-order valence-corrected chi connectivity index (χ3v) is 4.61. The monoisotopic (exact) mass is 287 g/mol. The molecule has 2 aliphatic heterocycles. The Bertz CT molecular complexity index is 532. The molecule has 1 aromatic heterocycles. The number of piperidine rings is 1. The van der Waals surface area contributed by atoms with Crippen LogP contribution in [0, 0.1) is 0 Å². The second-order valence-electron chi connectivity index (χ2n) is 5.84. The first-order valence-electron chi connectivity index (χ1n) is 7.68. The average Bonchev–Trinajstić information content (AvgIpc) is 2.66. The molecule has 112 valence electrons. The lowest BCUT2D eigenvalue weighted by molar-refractivity contribution is -0.144. The lowest BCUT2D eigenvalue weighted by Gasteiger charge is -2.36. The number of amides is 2. The smallest absolute Gasteiger partial charge is 0.245 e. The molecule has 0 saturated carbocycles. The maximum atomic E-state index is 12.9. The molecule has 2 unspecified atom stereocenters. The Morgan fingerprint density at radius 3 is 2.71 bits per heavy atom. The van der Waals surface area contributed by atoms with Crippen LogP contribution in [0.15, 0.2) is 24.5 Å². The molecular formula is C16H21N3O2. The van der Waals surface area contributed by atoms with Gasteiger partial charge in [-0.15, -0.1) is 0 Å². The quantitative estimate of drug-likeness (QED) is 0.833. The van der Waals surface area contributed by atoms with Crippen LogP contribution in [-0.2, 0) is 9.59 Å². The largest absolute Gasteiger partial charge is 0.334 e. The molecule has 0 radical (unpaired) electrons. The number of pyridine rings is 1. The van der Waals surface area contributed by atoms with Crippen molar-refractivity contribution in [2.45, 2.75) is 44.7 Å². The van der Waals surface area contributed by atoms with E-state index in [-0.39, 0.29) is 23.9 Å². The van der Waals surface area contributed by atoms with Crippen molar-refractivity contribution in [3.05, 3.63) is 30.1 Å². The summed E-state index contributed by atoms with van der Waals surface area (Å²) in [5.74, 6) is 0.224. The molecule has 2 atom stereocenters. The number of rotatable bonds is 2. The average molecular weight is 287 g/mol. The zero-order valence-corrected chi connectivity index (χ0v) is 12.4. The van der Waals surface area contributed by atoms with Crippen molar-refractivity contribution in [1.29, 1.82) is 0 Å². The third-order valence-electron chi connectivity index (χ3n) is 4.61. The van der Waals surface area contributed by atoms with Gasteiger partial charge in [0.1, 0.15) is 6.04 Å². The molecule has 3 heterocycles. The van der Waals surface area contributed by atoms with E-state index in [4.69, 9.17) is 0 Å². The Labute approximate surface area is 124 Å². The fraction of sp³-hybridized carbons (Fsp3) is 0.562. The van der Waals surface area contributed by atoms with Gasteiger partial charge in [0.05, 0.1) is 6.04 Å². The molecule has 2 saturated heterocycles. The van der Waals surface area contributed by atoms with Crippen molar-refractivity contribution in [3.63, 3.8) is 0 Å². The summed E-state index contributed by atoms with van der Waals surface area (Å²) < 4.78 is 0. The minimum atomic E-state index is -0.252. The van der Waals surface area contributed by atoms with Gasteiger partial charge in [-0.25, -0.2) is 0 Å². The van der Waals surface area contributed by atoms with Crippen LogP contribution in [0.4, 0.5) is 0 Å². The minimum absolute atomic E-state index is 0.0184. The Morgan fingerprint density at radius 2 is 1.95 bits per heavy atom. The number of carbonyl (C=O) groups is 2. The van der Waals surface area contributed by atoms with Crippen LogP contribution in [-0.4, -0.2) is 45.7 Å².